The lowest BCUT2D eigenvalue weighted by molar-refractivity contribution is -0.112. The Hall–Kier alpha value is -0.420. The van der Waals surface area contributed by atoms with E-state index >= 15 is 0 Å². The summed E-state index contributed by atoms with van der Waals surface area (Å²) in [5.74, 6) is 0.362. The number of aldehydes is 1. The van der Waals surface area contributed by atoms with Crippen LogP contribution in [0.3, 0.4) is 0 Å². The number of rotatable bonds is 3. The lowest BCUT2D eigenvalue weighted by atomic mass is 9.84. The lowest BCUT2D eigenvalue weighted by Gasteiger charge is -2.24. The van der Waals surface area contributed by atoms with Crippen LogP contribution in [0.15, 0.2) is 0 Å². The number of nitrogens with two attached hydrogens (primary N) is 1. The molecule has 0 spiro atoms. The highest BCUT2D eigenvalue weighted by Gasteiger charge is 2.23. The standard InChI is InChI=1S/C8H15NO3S/c9-13(11,12)6-8-3-1-7(5-10)2-4-8/h5,7-8H,1-4,6H2,(H2,9,11,12)/t7-,8-. The summed E-state index contributed by atoms with van der Waals surface area (Å²) >= 11 is 0. The molecule has 0 aromatic carbocycles. The van der Waals surface area contributed by atoms with Crippen molar-refractivity contribution in [2.24, 2.45) is 17.0 Å². The second-order valence-electron chi connectivity index (χ2n) is 3.75. The van der Waals surface area contributed by atoms with Gasteiger partial charge in [0.1, 0.15) is 6.29 Å². The Morgan fingerprint density at radius 3 is 2.15 bits per heavy atom. The molecule has 76 valence electrons. The molecule has 2 N–H and O–H groups in total. The number of carbonyl (C=O) groups is 1. The van der Waals surface area contributed by atoms with Crippen molar-refractivity contribution in [3.63, 3.8) is 0 Å². The topological polar surface area (TPSA) is 77.2 Å². The normalized spacial score (nSPS) is 29.9. The summed E-state index contributed by atoms with van der Waals surface area (Å²) in [6.45, 7) is 0. The molecular weight excluding hydrogens is 190 g/mol. The van der Waals surface area contributed by atoms with Gasteiger partial charge in [-0.3, -0.25) is 0 Å². The first-order valence-electron chi connectivity index (χ1n) is 4.47. The van der Waals surface area contributed by atoms with Crippen LogP contribution < -0.4 is 5.14 Å². The molecule has 0 heterocycles. The van der Waals surface area contributed by atoms with Gasteiger partial charge < -0.3 is 4.79 Å². The van der Waals surface area contributed by atoms with Crippen molar-refractivity contribution in [1.29, 1.82) is 0 Å². The minimum Gasteiger partial charge on any atom is -0.303 e. The molecule has 0 saturated heterocycles. The summed E-state index contributed by atoms with van der Waals surface area (Å²) in [5.41, 5.74) is 0. The zero-order chi connectivity index (χ0) is 9.90. The van der Waals surface area contributed by atoms with Crippen molar-refractivity contribution in [3.05, 3.63) is 0 Å². The van der Waals surface area contributed by atoms with Gasteiger partial charge in [-0.15, -0.1) is 0 Å². The molecule has 0 aliphatic heterocycles. The first-order chi connectivity index (χ1) is 6.01. The Bertz CT molecular complexity index is 265. The van der Waals surface area contributed by atoms with Gasteiger partial charge in [-0.2, -0.15) is 0 Å². The van der Waals surface area contributed by atoms with Gasteiger partial charge in [0.05, 0.1) is 5.75 Å². The molecule has 0 aromatic rings. The maximum absolute atomic E-state index is 10.8. The fourth-order valence-electron chi connectivity index (χ4n) is 1.82. The van der Waals surface area contributed by atoms with E-state index in [1.807, 2.05) is 0 Å². The quantitative estimate of drug-likeness (QED) is 0.672. The van der Waals surface area contributed by atoms with Crippen molar-refractivity contribution in [2.45, 2.75) is 25.7 Å². The smallest absolute Gasteiger partial charge is 0.209 e. The third kappa shape index (κ3) is 3.87. The van der Waals surface area contributed by atoms with E-state index in [2.05, 4.69) is 0 Å². The molecule has 1 fully saturated rings. The Morgan fingerprint density at radius 2 is 1.77 bits per heavy atom. The van der Waals surface area contributed by atoms with Crippen molar-refractivity contribution in [2.75, 3.05) is 5.75 Å². The maximum Gasteiger partial charge on any atom is 0.209 e. The zero-order valence-electron chi connectivity index (χ0n) is 7.48. The SMILES string of the molecule is NS(=O)(=O)C[C@H]1CC[C@H](C=O)CC1. The van der Waals surface area contributed by atoms with E-state index in [0.717, 1.165) is 32.0 Å². The van der Waals surface area contributed by atoms with Crippen LogP contribution in [-0.4, -0.2) is 20.5 Å². The van der Waals surface area contributed by atoms with Crippen LogP contribution in [0.2, 0.25) is 0 Å². The van der Waals surface area contributed by atoms with Crippen molar-refractivity contribution in [3.8, 4) is 0 Å². The Kier molecular flexibility index (Phi) is 3.44. The van der Waals surface area contributed by atoms with Crippen LogP contribution >= 0.6 is 0 Å². The third-order valence-corrected chi connectivity index (χ3v) is 3.49. The van der Waals surface area contributed by atoms with Crippen molar-refractivity contribution >= 4 is 16.3 Å². The van der Waals surface area contributed by atoms with E-state index in [0.29, 0.717) is 0 Å². The van der Waals surface area contributed by atoms with Crippen LogP contribution in [0.4, 0.5) is 0 Å². The van der Waals surface area contributed by atoms with Gasteiger partial charge >= 0.3 is 0 Å². The van der Waals surface area contributed by atoms with E-state index in [4.69, 9.17) is 5.14 Å². The maximum atomic E-state index is 10.8. The second-order valence-corrected chi connectivity index (χ2v) is 5.41. The number of carbonyl (C=O) groups excluding carboxylic acids is 1. The van der Waals surface area contributed by atoms with E-state index in [1.165, 1.54) is 0 Å². The monoisotopic (exact) mass is 205 g/mol. The summed E-state index contributed by atoms with van der Waals surface area (Å²) in [6, 6.07) is 0. The van der Waals surface area contributed by atoms with Crippen molar-refractivity contribution in [1.82, 2.24) is 0 Å². The average Bonchev–Trinajstić information content (AvgIpc) is 2.03. The highest BCUT2D eigenvalue weighted by molar-refractivity contribution is 7.89. The van der Waals surface area contributed by atoms with Crippen LogP contribution in [-0.2, 0) is 14.8 Å². The number of hydrogen-bond donors (Lipinski definition) is 1. The van der Waals surface area contributed by atoms with Gasteiger partial charge in [-0.05, 0) is 31.6 Å². The molecule has 1 rings (SSSR count). The van der Waals surface area contributed by atoms with Crippen LogP contribution in [0.5, 0.6) is 0 Å². The van der Waals surface area contributed by atoms with Crippen molar-refractivity contribution < 1.29 is 13.2 Å². The average molecular weight is 205 g/mol. The summed E-state index contributed by atoms with van der Waals surface area (Å²) in [5, 5.41) is 4.94. The molecule has 5 heteroatoms. The molecular formula is C8H15NO3S. The van der Waals surface area contributed by atoms with Gasteiger partial charge in [0.25, 0.3) is 0 Å². The molecule has 0 atom stereocenters. The molecule has 0 amide bonds. The van der Waals surface area contributed by atoms with E-state index in [-0.39, 0.29) is 17.6 Å². The number of sulfonamides is 1. The Balaban J connectivity index is 2.37. The molecule has 0 bridgehead atoms. The highest BCUT2D eigenvalue weighted by Crippen LogP contribution is 2.27. The van der Waals surface area contributed by atoms with Crippen LogP contribution in [0.1, 0.15) is 25.7 Å². The Labute approximate surface area is 78.6 Å². The molecule has 0 unspecified atom stereocenters. The summed E-state index contributed by atoms with van der Waals surface area (Å²) in [4.78, 5) is 10.4. The van der Waals surface area contributed by atoms with Gasteiger partial charge in [0.15, 0.2) is 0 Å². The van der Waals surface area contributed by atoms with E-state index < -0.39 is 10.0 Å². The largest absolute Gasteiger partial charge is 0.303 e. The summed E-state index contributed by atoms with van der Waals surface area (Å²) in [7, 11) is -3.34. The second kappa shape index (κ2) is 4.19. The van der Waals surface area contributed by atoms with Gasteiger partial charge in [-0.1, -0.05) is 0 Å². The number of primary sulfonamides is 1. The third-order valence-electron chi connectivity index (χ3n) is 2.55. The molecule has 0 radical (unpaired) electrons. The zero-order valence-corrected chi connectivity index (χ0v) is 8.29. The minimum absolute atomic E-state index is 0.0680. The van der Waals surface area contributed by atoms with E-state index in [9.17, 15) is 13.2 Å². The minimum atomic E-state index is -3.34. The molecule has 1 aliphatic rings. The molecule has 4 nitrogen and oxygen atoms in total. The van der Waals surface area contributed by atoms with Gasteiger partial charge in [-0.25, -0.2) is 13.6 Å². The molecule has 1 aliphatic carbocycles. The van der Waals surface area contributed by atoms with Crippen LogP contribution in [0.25, 0.3) is 0 Å². The van der Waals surface area contributed by atoms with E-state index in [1.54, 1.807) is 0 Å². The van der Waals surface area contributed by atoms with Gasteiger partial charge in [0, 0.05) is 5.92 Å². The predicted molar refractivity (Wildman–Crippen MR) is 49.5 cm³/mol. The molecule has 0 aromatic heterocycles. The molecule has 13 heavy (non-hydrogen) atoms. The Morgan fingerprint density at radius 1 is 1.23 bits per heavy atom. The fraction of sp³-hybridized carbons (Fsp3) is 0.875. The summed E-state index contributed by atoms with van der Waals surface area (Å²) in [6.07, 6.45) is 4.19. The van der Waals surface area contributed by atoms with Gasteiger partial charge in [0.2, 0.25) is 10.0 Å². The molecule has 1 saturated carbocycles. The predicted octanol–water partition coefficient (Wildman–Crippen LogP) is 0.280. The fourth-order valence-corrected chi connectivity index (χ4v) is 2.81. The summed E-state index contributed by atoms with van der Waals surface area (Å²) < 4.78 is 21.5. The van der Waals surface area contributed by atoms with Crippen LogP contribution in [0, 0.1) is 11.8 Å². The first kappa shape index (κ1) is 10.7. The lowest BCUT2D eigenvalue weighted by Crippen LogP contribution is -2.26. The number of hydrogen-bond acceptors (Lipinski definition) is 3. The highest BCUT2D eigenvalue weighted by atomic mass is 32.2. The first-order valence-corrected chi connectivity index (χ1v) is 6.18.